The minimum Gasteiger partial charge on any atom is -0.490 e. The highest BCUT2D eigenvalue weighted by molar-refractivity contribution is 6.32. The van der Waals surface area contributed by atoms with Gasteiger partial charge >= 0.3 is 0 Å². The molecule has 0 aliphatic heterocycles. The molecule has 0 radical (unpaired) electrons. The zero-order chi connectivity index (χ0) is 9.84. The van der Waals surface area contributed by atoms with Crippen molar-refractivity contribution in [1.29, 1.82) is 0 Å². The summed E-state index contributed by atoms with van der Waals surface area (Å²) in [6.07, 6.45) is 0. The van der Waals surface area contributed by atoms with Crippen molar-refractivity contribution < 1.29 is 9.84 Å². The van der Waals surface area contributed by atoms with Crippen LogP contribution in [0.5, 0.6) is 5.75 Å². The van der Waals surface area contributed by atoms with Gasteiger partial charge in [0, 0.05) is 11.8 Å². The summed E-state index contributed by atoms with van der Waals surface area (Å²) in [6.45, 7) is 2.06. The first-order chi connectivity index (χ1) is 6.15. The predicted molar refractivity (Wildman–Crippen MR) is 53.2 cm³/mol. The van der Waals surface area contributed by atoms with E-state index in [1.807, 2.05) is 6.92 Å². The molecule has 0 aliphatic carbocycles. The van der Waals surface area contributed by atoms with Crippen molar-refractivity contribution in [3.05, 3.63) is 22.7 Å². The van der Waals surface area contributed by atoms with Gasteiger partial charge in [-0.1, -0.05) is 11.6 Å². The highest BCUT2D eigenvalue weighted by Crippen LogP contribution is 2.29. The summed E-state index contributed by atoms with van der Waals surface area (Å²) in [5.41, 5.74) is 7.21. The van der Waals surface area contributed by atoms with Crippen molar-refractivity contribution in [3.8, 4) is 5.75 Å². The van der Waals surface area contributed by atoms with Crippen LogP contribution in [0.25, 0.3) is 0 Å². The van der Waals surface area contributed by atoms with Gasteiger partial charge in [-0.2, -0.15) is 0 Å². The molecule has 0 spiro atoms. The molecule has 0 saturated carbocycles. The molecule has 3 nitrogen and oxygen atoms in total. The first kappa shape index (κ1) is 10.2. The van der Waals surface area contributed by atoms with E-state index in [1.54, 1.807) is 12.1 Å². The molecule has 1 rings (SSSR count). The number of hydrogen-bond acceptors (Lipinski definition) is 3. The minimum atomic E-state index is -0.0376. The fourth-order valence-electron chi connectivity index (χ4n) is 0.935. The molecule has 72 valence electrons. The maximum atomic E-state index is 8.54. The number of aliphatic hydroxyl groups is 1. The Kier molecular flexibility index (Phi) is 3.39. The van der Waals surface area contributed by atoms with Gasteiger partial charge < -0.3 is 15.6 Å². The van der Waals surface area contributed by atoms with Crippen LogP contribution in [-0.4, -0.2) is 18.3 Å². The van der Waals surface area contributed by atoms with Gasteiger partial charge in [-0.3, -0.25) is 0 Å². The predicted octanol–water partition coefficient (Wildman–Crippen LogP) is 1.60. The lowest BCUT2D eigenvalue weighted by molar-refractivity contribution is 0.201. The van der Waals surface area contributed by atoms with Crippen molar-refractivity contribution in [1.82, 2.24) is 0 Å². The van der Waals surface area contributed by atoms with Crippen molar-refractivity contribution in [3.63, 3.8) is 0 Å². The van der Waals surface area contributed by atoms with Crippen molar-refractivity contribution >= 4 is 17.3 Å². The number of ether oxygens (including phenoxy) is 1. The van der Waals surface area contributed by atoms with Crippen LogP contribution in [-0.2, 0) is 0 Å². The molecular weight excluding hydrogens is 190 g/mol. The maximum absolute atomic E-state index is 8.54. The van der Waals surface area contributed by atoms with Crippen LogP contribution in [0.3, 0.4) is 0 Å². The molecule has 0 aliphatic rings. The maximum Gasteiger partial charge on any atom is 0.140 e. The molecule has 0 aromatic heterocycles. The number of aliphatic hydroxyl groups excluding tert-OH is 1. The number of aryl methyl sites for hydroxylation is 1. The normalized spacial score (nSPS) is 10.1. The fourth-order valence-corrected chi connectivity index (χ4v) is 1.21. The van der Waals surface area contributed by atoms with Crippen LogP contribution < -0.4 is 10.5 Å². The van der Waals surface area contributed by atoms with E-state index >= 15 is 0 Å². The van der Waals surface area contributed by atoms with Crippen LogP contribution in [0.15, 0.2) is 12.1 Å². The van der Waals surface area contributed by atoms with E-state index in [1.165, 1.54) is 0 Å². The summed E-state index contributed by atoms with van der Waals surface area (Å²) < 4.78 is 5.16. The Bertz CT molecular complexity index is 302. The Balaban J connectivity index is 2.88. The first-order valence-corrected chi connectivity index (χ1v) is 4.32. The Hall–Kier alpha value is -0.930. The fraction of sp³-hybridized carbons (Fsp3) is 0.333. The summed E-state index contributed by atoms with van der Waals surface area (Å²) in [5.74, 6) is 0.513. The third kappa shape index (κ3) is 2.50. The molecule has 0 heterocycles. The summed E-state index contributed by atoms with van der Waals surface area (Å²) in [7, 11) is 0. The van der Waals surface area contributed by atoms with Crippen molar-refractivity contribution in [2.45, 2.75) is 6.92 Å². The smallest absolute Gasteiger partial charge is 0.140 e. The van der Waals surface area contributed by atoms with Gasteiger partial charge in [0.05, 0.1) is 11.6 Å². The topological polar surface area (TPSA) is 55.5 Å². The number of hydrogen-bond donors (Lipinski definition) is 2. The third-order valence-electron chi connectivity index (χ3n) is 1.67. The number of benzene rings is 1. The Morgan fingerprint density at radius 3 is 2.85 bits per heavy atom. The molecule has 1 aromatic carbocycles. The number of halogens is 1. The summed E-state index contributed by atoms with van der Waals surface area (Å²) in [5, 5.41) is 9.06. The molecule has 4 heteroatoms. The highest BCUT2D eigenvalue weighted by Gasteiger charge is 2.04. The second kappa shape index (κ2) is 4.35. The second-order valence-electron chi connectivity index (χ2n) is 2.71. The number of rotatable bonds is 3. The third-order valence-corrected chi connectivity index (χ3v) is 1.96. The average Bonchev–Trinajstić information content (AvgIpc) is 2.09. The van der Waals surface area contributed by atoms with Gasteiger partial charge in [-0.25, -0.2) is 0 Å². The first-order valence-electron chi connectivity index (χ1n) is 3.94. The van der Waals surface area contributed by atoms with Gasteiger partial charge in [0.25, 0.3) is 0 Å². The lowest BCUT2D eigenvalue weighted by Crippen LogP contribution is -2.03. The van der Waals surface area contributed by atoms with Crippen molar-refractivity contribution in [2.24, 2.45) is 0 Å². The van der Waals surface area contributed by atoms with E-state index in [9.17, 15) is 0 Å². The summed E-state index contributed by atoms with van der Waals surface area (Å²) in [6, 6.07) is 3.40. The van der Waals surface area contributed by atoms with E-state index in [-0.39, 0.29) is 13.2 Å². The lowest BCUT2D eigenvalue weighted by atomic mass is 10.2. The molecular formula is C9H12ClNO2. The minimum absolute atomic E-state index is 0.0376. The monoisotopic (exact) mass is 201 g/mol. The van der Waals surface area contributed by atoms with Gasteiger partial charge in [-0.15, -0.1) is 0 Å². The molecule has 0 bridgehead atoms. The average molecular weight is 202 g/mol. The van der Waals surface area contributed by atoms with Gasteiger partial charge in [0.15, 0.2) is 0 Å². The number of nitrogen functional groups attached to an aromatic ring is 1. The van der Waals surface area contributed by atoms with E-state index in [0.29, 0.717) is 16.5 Å². The van der Waals surface area contributed by atoms with E-state index in [4.69, 9.17) is 27.2 Å². The number of anilines is 1. The molecule has 1 aromatic rings. The van der Waals surface area contributed by atoms with Crippen LogP contribution in [0, 0.1) is 6.92 Å². The van der Waals surface area contributed by atoms with Crippen LogP contribution in [0.1, 0.15) is 5.56 Å². The van der Waals surface area contributed by atoms with Gasteiger partial charge in [0.2, 0.25) is 0 Å². The standard InChI is InChI=1S/C9H12ClNO2/c1-6-4-7(10)9(5-8(6)11)13-3-2-12/h4-5,12H,2-3,11H2,1H3. The zero-order valence-corrected chi connectivity index (χ0v) is 8.14. The molecule has 3 N–H and O–H groups in total. The Morgan fingerprint density at radius 1 is 1.54 bits per heavy atom. The number of nitrogens with two attached hydrogens (primary N) is 1. The van der Waals surface area contributed by atoms with Crippen LogP contribution in [0.2, 0.25) is 5.02 Å². The van der Waals surface area contributed by atoms with Crippen molar-refractivity contribution in [2.75, 3.05) is 18.9 Å². The molecule has 0 fully saturated rings. The second-order valence-corrected chi connectivity index (χ2v) is 3.12. The quantitative estimate of drug-likeness (QED) is 0.731. The molecule has 0 unspecified atom stereocenters. The van der Waals surface area contributed by atoms with Crippen LogP contribution >= 0.6 is 11.6 Å². The molecule has 0 amide bonds. The zero-order valence-electron chi connectivity index (χ0n) is 7.38. The SMILES string of the molecule is Cc1cc(Cl)c(OCCO)cc1N. The van der Waals surface area contributed by atoms with Gasteiger partial charge in [0.1, 0.15) is 12.4 Å². The van der Waals surface area contributed by atoms with E-state index in [2.05, 4.69) is 0 Å². The van der Waals surface area contributed by atoms with Crippen LogP contribution in [0.4, 0.5) is 5.69 Å². The summed E-state index contributed by atoms with van der Waals surface area (Å²) >= 11 is 5.88. The molecule has 0 atom stereocenters. The molecule has 13 heavy (non-hydrogen) atoms. The molecule has 0 saturated heterocycles. The lowest BCUT2D eigenvalue weighted by Gasteiger charge is -2.08. The largest absolute Gasteiger partial charge is 0.490 e. The Morgan fingerprint density at radius 2 is 2.23 bits per heavy atom. The van der Waals surface area contributed by atoms with Gasteiger partial charge in [-0.05, 0) is 18.6 Å². The summed E-state index contributed by atoms with van der Waals surface area (Å²) in [4.78, 5) is 0. The Labute approximate surface area is 82.1 Å². The highest BCUT2D eigenvalue weighted by atomic mass is 35.5. The van der Waals surface area contributed by atoms with E-state index < -0.39 is 0 Å². The van der Waals surface area contributed by atoms with E-state index in [0.717, 1.165) is 5.56 Å².